The highest BCUT2D eigenvalue weighted by Crippen LogP contribution is 2.29. The number of nitrogens with one attached hydrogen (secondary N) is 1. The van der Waals surface area contributed by atoms with Crippen molar-refractivity contribution in [1.82, 2.24) is 9.62 Å². The summed E-state index contributed by atoms with van der Waals surface area (Å²) in [6, 6.07) is 2.62. The number of sulfonamides is 1. The Hall–Kier alpha value is -0.500. The van der Waals surface area contributed by atoms with Gasteiger partial charge in [0.1, 0.15) is 5.82 Å². The number of nitrogens with zero attached hydrogens (tertiary/aromatic N) is 1. The third-order valence-corrected chi connectivity index (χ3v) is 6.55. The van der Waals surface area contributed by atoms with Crippen molar-refractivity contribution in [2.45, 2.75) is 24.7 Å². The fourth-order valence-electron chi connectivity index (χ4n) is 2.69. The zero-order valence-corrected chi connectivity index (χ0v) is 14.6. The van der Waals surface area contributed by atoms with Gasteiger partial charge in [0.25, 0.3) is 0 Å². The summed E-state index contributed by atoms with van der Waals surface area (Å²) in [4.78, 5) is 0.183. The van der Waals surface area contributed by atoms with Crippen LogP contribution < -0.4 is 5.32 Å². The second-order valence-electron chi connectivity index (χ2n) is 5.44. The minimum atomic E-state index is -3.55. The summed E-state index contributed by atoms with van der Waals surface area (Å²) >= 11 is 3.06. The van der Waals surface area contributed by atoms with Gasteiger partial charge in [-0.05, 0) is 72.9 Å². The smallest absolute Gasteiger partial charge is 0.243 e. The average molecular weight is 379 g/mol. The third-order valence-electron chi connectivity index (χ3n) is 3.90. The second-order valence-corrected chi connectivity index (χ2v) is 8.20. The van der Waals surface area contributed by atoms with Gasteiger partial charge in [0, 0.05) is 13.1 Å². The standard InChI is InChI=1S/C14H20BrFN2O2S/c1-10-7-13(16)12(15)8-14(10)21(19,20)18-5-3-11(4-6-18)9-17-2/h7-8,11,17H,3-6,9H2,1-2H3. The quantitative estimate of drug-likeness (QED) is 0.875. The maximum atomic E-state index is 13.5. The Labute approximate surface area is 133 Å². The predicted octanol–water partition coefficient (Wildman–Crippen LogP) is 2.52. The normalized spacial score (nSPS) is 18.1. The predicted molar refractivity (Wildman–Crippen MR) is 84.2 cm³/mol. The van der Waals surface area contributed by atoms with Crippen LogP contribution >= 0.6 is 15.9 Å². The van der Waals surface area contributed by atoms with Crippen molar-refractivity contribution in [2.24, 2.45) is 5.92 Å². The van der Waals surface area contributed by atoms with E-state index in [2.05, 4.69) is 21.2 Å². The number of hydrogen-bond donors (Lipinski definition) is 1. The van der Waals surface area contributed by atoms with Gasteiger partial charge in [0.05, 0.1) is 9.37 Å². The Morgan fingerprint density at radius 1 is 1.38 bits per heavy atom. The topological polar surface area (TPSA) is 49.4 Å². The summed E-state index contributed by atoms with van der Waals surface area (Å²) in [5.74, 6) is 0.0710. The van der Waals surface area contributed by atoms with E-state index < -0.39 is 15.8 Å². The van der Waals surface area contributed by atoms with Crippen molar-refractivity contribution >= 4 is 26.0 Å². The fourth-order valence-corrected chi connectivity index (χ4v) is 4.88. The van der Waals surface area contributed by atoms with E-state index in [9.17, 15) is 12.8 Å². The van der Waals surface area contributed by atoms with Crippen LogP contribution in [-0.4, -0.2) is 39.4 Å². The molecule has 1 saturated heterocycles. The molecule has 1 aliphatic heterocycles. The zero-order valence-electron chi connectivity index (χ0n) is 12.2. The minimum absolute atomic E-state index is 0.178. The molecule has 2 rings (SSSR count). The van der Waals surface area contributed by atoms with Crippen LogP contribution in [0.2, 0.25) is 0 Å². The van der Waals surface area contributed by atoms with Gasteiger partial charge in [-0.3, -0.25) is 0 Å². The van der Waals surface area contributed by atoms with Gasteiger partial charge in [-0.15, -0.1) is 0 Å². The van der Waals surface area contributed by atoms with Gasteiger partial charge in [-0.25, -0.2) is 12.8 Å². The molecule has 21 heavy (non-hydrogen) atoms. The van der Waals surface area contributed by atoms with Crippen LogP contribution in [0.25, 0.3) is 0 Å². The van der Waals surface area contributed by atoms with Crippen LogP contribution in [-0.2, 0) is 10.0 Å². The van der Waals surface area contributed by atoms with Gasteiger partial charge in [0.15, 0.2) is 0 Å². The van der Waals surface area contributed by atoms with E-state index in [4.69, 9.17) is 0 Å². The Morgan fingerprint density at radius 2 is 2.00 bits per heavy atom. The Kier molecular flexibility index (Phi) is 5.40. The molecule has 0 amide bonds. The van der Waals surface area contributed by atoms with E-state index in [-0.39, 0.29) is 9.37 Å². The molecule has 0 atom stereocenters. The first-order valence-corrected chi connectivity index (χ1v) is 9.20. The van der Waals surface area contributed by atoms with Crippen molar-refractivity contribution in [3.05, 3.63) is 28.0 Å². The molecule has 1 fully saturated rings. The largest absolute Gasteiger partial charge is 0.319 e. The Balaban J connectivity index is 2.22. The van der Waals surface area contributed by atoms with E-state index in [0.29, 0.717) is 24.6 Å². The fraction of sp³-hybridized carbons (Fsp3) is 0.571. The lowest BCUT2D eigenvalue weighted by atomic mass is 9.98. The molecule has 0 saturated carbocycles. The van der Waals surface area contributed by atoms with Gasteiger partial charge in [0.2, 0.25) is 10.0 Å². The maximum Gasteiger partial charge on any atom is 0.243 e. The molecule has 1 heterocycles. The SMILES string of the molecule is CNCC1CCN(S(=O)(=O)c2cc(Br)c(F)cc2C)CC1. The van der Waals surface area contributed by atoms with Crippen LogP contribution in [0, 0.1) is 18.7 Å². The minimum Gasteiger partial charge on any atom is -0.319 e. The van der Waals surface area contributed by atoms with Gasteiger partial charge >= 0.3 is 0 Å². The molecule has 4 nitrogen and oxygen atoms in total. The summed E-state index contributed by atoms with van der Waals surface area (Å²) < 4.78 is 40.6. The summed E-state index contributed by atoms with van der Waals surface area (Å²) in [6.45, 7) is 3.57. The zero-order chi connectivity index (χ0) is 15.6. The highest BCUT2D eigenvalue weighted by Gasteiger charge is 2.30. The van der Waals surface area contributed by atoms with Crippen LogP contribution in [0.3, 0.4) is 0 Å². The van der Waals surface area contributed by atoms with Crippen molar-refractivity contribution in [2.75, 3.05) is 26.7 Å². The molecule has 0 unspecified atom stereocenters. The van der Waals surface area contributed by atoms with E-state index >= 15 is 0 Å². The molecule has 7 heteroatoms. The average Bonchev–Trinajstić information content (AvgIpc) is 2.43. The molecule has 0 aliphatic carbocycles. The highest BCUT2D eigenvalue weighted by molar-refractivity contribution is 9.10. The van der Waals surface area contributed by atoms with E-state index in [1.54, 1.807) is 6.92 Å². The van der Waals surface area contributed by atoms with Crippen molar-refractivity contribution in [1.29, 1.82) is 0 Å². The number of piperidine rings is 1. The number of hydrogen-bond acceptors (Lipinski definition) is 3. The molecular weight excluding hydrogens is 359 g/mol. The first-order valence-electron chi connectivity index (χ1n) is 6.96. The summed E-state index contributed by atoms with van der Waals surface area (Å²) in [7, 11) is -1.65. The molecule has 1 aromatic rings. The van der Waals surface area contributed by atoms with Gasteiger partial charge < -0.3 is 5.32 Å². The lowest BCUT2D eigenvalue weighted by Gasteiger charge is -2.31. The number of aryl methyl sites for hydroxylation is 1. The maximum absolute atomic E-state index is 13.5. The lowest BCUT2D eigenvalue weighted by Crippen LogP contribution is -2.40. The first-order chi connectivity index (χ1) is 9.86. The molecule has 1 N–H and O–H groups in total. The third kappa shape index (κ3) is 3.64. The molecule has 1 aromatic carbocycles. The Bertz CT molecular complexity index is 614. The summed E-state index contributed by atoms with van der Waals surface area (Å²) in [6.07, 6.45) is 1.70. The number of rotatable bonds is 4. The molecule has 0 bridgehead atoms. The Morgan fingerprint density at radius 3 is 2.57 bits per heavy atom. The molecule has 0 spiro atoms. The van der Waals surface area contributed by atoms with E-state index in [1.807, 2.05) is 7.05 Å². The monoisotopic (exact) mass is 378 g/mol. The summed E-state index contributed by atoms with van der Waals surface area (Å²) in [5.41, 5.74) is 0.438. The van der Waals surface area contributed by atoms with Crippen molar-refractivity contribution in [3.63, 3.8) is 0 Å². The number of halogens is 2. The van der Waals surface area contributed by atoms with Crippen molar-refractivity contribution in [3.8, 4) is 0 Å². The van der Waals surface area contributed by atoms with Crippen LogP contribution in [0.15, 0.2) is 21.5 Å². The first kappa shape index (κ1) is 16.9. The highest BCUT2D eigenvalue weighted by atomic mass is 79.9. The van der Waals surface area contributed by atoms with Crippen molar-refractivity contribution < 1.29 is 12.8 Å². The van der Waals surface area contributed by atoms with E-state index in [0.717, 1.165) is 19.4 Å². The summed E-state index contributed by atoms with van der Waals surface area (Å²) in [5, 5.41) is 3.13. The molecule has 1 aliphatic rings. The van der Waals surface area contributed by atoms with Gasteiger partial charge in [-0.2, -0.15) is 4.31 Å². The number of benzene rings is 1. The molecule has 118 valence electrons. The second kappa shape index (κ2) is 6.73. The molecule has 0 aromatic heterocycles. The van der Waals surface area contributed by atoms with Crippen LogP contribution in [0.1, 0.15) is 18.4 Å². The van der Waals surface area contributed by atoms with Crippen LogP contribution in [0.5, 0.6) is 0 Å². The molecule has 0 radical (unpaired) electrons. The molecular formula is C14H20BrFN2O2S. The van der Waals surface area contributed by atoms with Crippen LogP contribution in [0.4, 0.5) is 4.39 Å². The lowest BCUT2D eigenvalue weighted by molar-refractivity contribution is 0.270. The van der Waals surface area contributed by atoms with Gasteiger partial charge in [-0.1, -0.05) is 0 Å². The van der Waals surface area contributed by atoms with E-state index in [1.165, 1.54) is 16.4 Å².